The van der Waals surface area contributed by atoms with E-state index in [0.29, 0.717) is 17.3 Å². The van der Waals surface area contributed by atoms with Crippen molar-refractivity contribution in [2.24, 2.45) is 0 Å². The summed E-state index contributed by atoms with van der Waals surface area (Å²) >= 11 is 0. The number of aromatic amines is 1. The van der Waals surface area contributed by atoms with Crippen LogP contribution in [-0.4, -0.2) is 22.1 Å². The lowest BCUT2D eigenvalue weighted by Crippen LogP contribution is -1.97. The molecule has 0 saturated carbocycles. The zero-order chi connectivity index (χ0) is 21.2. The molecule has 0 bridgehead atoms. The fraction of sp³-hybridized carbons (Fsp3) is 0.0400. The van der Waals surface area contributed by atoms with E-state index in [-0.39, 0.29) is 0 Å². The van der Waals surface area contributed by atoms with E-state index in [1.165, 1.54) is 6.33 Å². The first-order chi connectivity index (χ1) is 15.2. The van der Waals surface area contributed by atoms with Crippen molar-refractivity contribution in [3.8, 4) is 17.6 Å². The molecule has 150 valence electrons. The fourth-order valence-electron chi connectivity index (χ4n) is 3.47. The number of fused-ring (bicyclic) bond motifs is 2. The summed E-state index contributed by atoms with van der Waals surface area (Å²) in [6.07, 6.45) is 3.46. The molecule has 5 rings (SSSR count). The van der Waals surface area contributed by atoms with Crippen LogP contribution in [0.15, 0.2) is 73.2 Å². The zero-order valence-corrected chi connectivity index (χ0v) is 16.8. The summed E-state index contributed by atoms with van der Waals surface area (Å²) in [4.78, 5) is 12.1. The van der Waals surface area contributed by atoms with Gasteiger partial charge in [-0.25, -0.2) is 9.97 Å². The van der Waals surface area contributed by atoms with Crippen LogP contribution in [0.4, 0.5) is 17.2 Å². The van der Waals surface area contributed by atoms with Crippen molar-refractivity contribution in [2.75, 3.05) is 18.2 Å². The predicted molar refractivity (Wildman–Crippen MR) is 125 cm³/mol. The highest BCUT2D eigenvalue weighted by Gasteiger charge is 2.10. The number of nitrogen functional groups attached to an aromatic ring is 1. The maximum atomic E-state index is 5.86. The Hall–Kier alpha value is -4.50. The van der Waals surface area contributed by atoms with Crippen molar-refractivity contribution >= 4 is 39.0 Å². The van der Waals surface area contributed by atoms with E-state index in [1.54, 1.807) is 7.11 Å². The van der Waals surface area contributed by atoms with Crippen LogP contribution in [0.3, 0.4) is 0 Å². The van der Waals surface area contributed by atoms with E-state index in [0.717, 1.165) is 38.6 Å². The lowest BCUT2D eigenvalue weighted by Gasteiger charge is -2.11. The van der Waals surface area contributed by atoms with Crippen LogP contribution in [0.1, 0.15) is 11.1 Å². The van der Waals surface area contributed by atoms with E-state index in [9.17, 15) is 0 Å². The van der Waals surface area contributed by atoms with Crippen LogP contribution in [0.5, 0.6) is 5.75 Å². The van der Waals surface area contributed by atoms with Crippen LogP contribution in [-0.2, 0) is 0 Å². The van der Waals surface area contributed by atoms with Gasteiger partial charge in [0, 0.05) is 45.5 Å². The van der Waals surface area contributed by atoms with Gasteiger partial charge in [-0.2, -0.15) is 0 Å². The molecule has 2 heterocycles. The second kappa shape index (κ2) is 7.73. The first kappa shape index (κ1) is 18.5. The lowest BCUT2D eigenvalue weighted by molar-refractivity contribution is 0.414. The third-order valence-corrected chi connectivity index (χ3v) is 5.00. The molecule has 6 heteroatoms. The van der Waals surface area contributed by atoms with Crippen molar-refractivity contribution in [1.29, 1.82) is 0 Å². The second-order valence-corrected chi connectivity index (χ2v) is 7.07. The number of rotatable bonds is 3. The SMILES string of the molecule is COc1cc2ncnc(Nc3ccc4[nH]ccc4c3)c2cc1C#Cc1cccc(N)c1. The molecule has 0 saturated heterocycles. The van der Waals surface area contributed by atoms with Crippen molar-refractivity contribution in [3.63, 3.8) is 0 Å². The molecular formula is C25H19N5O. The molecule has 0 aliphatic heterocycles. The van der Waals surface area contributed by atoms with E-state index in [2.05, 4.69) is 38.2 Å². The van der Waals surface area contributed by atoms with Gasteiger partial charge in [0.25, 0.3) is 0 Å². The highest BCUT2D eigenvalue weighted by Crippen LogP contribution is 2.30. The van der Waals surface area contributed by atoms with Crippen LogP contribution in [0.25, 0.3) is 21.8 Å². The van der Waals surface area contributed by atoms with Crippen molar-refractivity contribution in [1.82, 2.24) is 15.0 Å². The molecule has 0 radical (unpaired) electrons. The first-order valence-corrected chi connectivity index (χ1v) is 9.74. The number of H-pyrrole nitrogens is 1. The number of nitrogens with one attached hydrogen (secondary N) is 2. The molecule has 6 nitrogen and oxygen atoms in total. The highest BCUT2D eigenvalue weighted by atomic mass is 16.5. The van der Waals surface area contributed by atoms with Crippen LogP contribution in [0, 0.1) is 11.8 Å². The van der Waals surface area contributed by atoms with Gasteiger partial charge >= 0.3 is 0 Å². The Morgan fingerprint density at radius 3 is 2.81 bits per heavy atom. The summed E-state index contributed by atoms with van der Waals surface area (Å²) in [5, 5.41) is 5.38. The van der Waals surface area contributed by atoms with E-state index in [4.69, 9.17) is 10.5 Å². The number of anilines is 3. The van der Waals surface area contributed by atoms with Crippen LogP contribution >= 0.6 is 0 Å². The minimum Gasteiger partial charge on any atom is -0.495 e. The van der Waals surface area contributed by atoms with Gasteiger partial charge in [0.1, 0.15) is 17.9 Å². The molecule has 5 aromatic rings. The number of aromatic nitrogens is 3. The summed E-state index contributed by atoms with van der Waals surface area (Å²) in [7, 11) is 1.62. The molecule has 0 atom stereocenters. The Balaban J connectivity index is 1.57. The molecule has 0 spiro atoms. The number of hydrogen-bond acceptors (Lipinski definition) is 5. The molecule has 0 amide bonds. The average Bonchev–Trinajstić information content (AvgIpc) is 3.25. The van der Waals surface area contributed by atoms with Crippen LogP contribution < -0.4 is 15.8 Å². The molecule has 2 aromatic heterocycles. The summed E-state index contributed by atoms with van der Waals surface area (Å²) in [6.45, 7) is 0. The predicted octanol–water partition coefficient (Wildman–Crippen LogP) is 4.85. The molecule has 31 heavy (non-hydrogen) atoms. The van der Waals surface area contributed by atoms with Crippen LogP contribution in [0.2, 0.25) is 0 Å². The van der Waals surface area contributed by atoms with Crippen molar-refractivity contribution < 1.29 is 4.74 Å². The average molecular weight is 405 g/mol. The standard InChI is InChI=1S/C25H19N5O/c1-31-24-14-23-21(13-18(24)6-5-16-3-2-4-19(26)11-16)25(29-15-28-23)30-20-7-8-22-17(12-20)9-10-27-22/h2-4,7-15,27H,26H2,1H3,(H,28,29,30). The van der Waals surface area contributed by atoms with Gasteiger partial charge < -0.3 is 20.8 Å². The van der Waals surface area contributed by atoms with Crippen molar-refractivity contribution in [2.45, 2.75) is 0 Å². The van der Waals surface area contributed by atoms with Crippen molar-refractivity contribution in [3.05, 3.63) is 84.3 Å². The fourth-order valence-corrected chi connectivity index (χ4v) is 3.47. The van der Waals surface area contributed by atoms with Gasteiger partial charge in [-0.3, -0.25) is 0 Å². The topological polar surface area (TPSA) is 88.9 Å². The Labute approximate surface area is 179 Å². The number of nitrogens with two attached hydrogens (primary N) is 1. The minimum absolute atomic E-state index is 0.655. The Morgan fingerprint density at radius 1 is 1.00 bits per heavy atom. The number of methoxy groups -OCH3 is 1. The summed E-state index contributed by atoms with van der Waals surface area (Å²) in [6, 6.07) is 19.5. The van der Waals surface area contributed by atoms with E-state index >= 15 is 0 Å². The maximum Gasteiger partial charge on any atom is 0.141 e. The number of hydrogen-bond donors (Lipinski definition) is 3. The second-order valence-electron chi connectivity index (χ2n) is 7.07. The van der Waals surface area contributed by atoms with Gasteiger partial charge in [0.15, 0.2) is 0 Å². The Morgan fingerprint density at radius 2 is 1.94 bits per heavy atom. The lowest BCUT2D eigenvalue weighted by atomic mass is 10.1. The molecule has 0 unspecified atom stereocenters. The quantitative estimate of drug-likeness (QED) is 0.295. The van der Waals surface area contributed by atoms with Gasteiger partial charge in [-0.05, 0) is 48.5 Å². The molecular weight excluding hydrogens is 386 g/mol. The molecule has 0 fully saturated rings. The summed E-state index contributed by atoms with van der Waals surface area (Å²) in [5.41, 5.74) is 10.9. The van der Waals surface area contributed by atoms with E-state index in [1.807, 2.05) is 60.8 Å². The van der Waals surface area contributed by atoms with Gasteiger partial charge in [-0.15, -0.1) is 0 Å². The molecule has 0 aliphatic carbocycles. The number of nitrogens with zero attached hydrogens (tertiary/aromatic N) is 2. The van der Waals surface area contributed by atoms with Gasteiger partial charge in [-0.1, -0.05) is 17.9 Å². The summed E-state index contributed by atoms with van der Waals surface area (Å²) in [5.74, 6) is 7.70. The molecule has 0 aliphatic rings. The minimum atomic E-state index is 0.655. The normalized spacial score (nSPS) is 10.6. The van der Waals surface area contributed by atoms with E-state index < -0.39 is 0 Å². The zero-order valence-electron chi connectivity index (χ0n) is 16.8. The first-order valence-electron chi connectivity index (χ1n) is 9.74. The Kier molecular flexibility index (Phi) is 4.62. The third-order valence-electron chi connectivity index (χ3n) is 5.00. The van der Waals surface area contributed by atoms with Gasteiger partial charge in [0.05, 0.1) is 18.2 Å². The summed E-state index contributed by atoms with van der Waals surface area (Å²) < 4.78 is 5.55. The third kappa shape index (κ3) is 3.72. The smallest absolute Gasteiger partial charge is 0.141 e. The monoisotopic (exact) mass is 405 g/mol. The molecule has 4 N–H and O–H groups in total. The Bertz CT molecular complexity index is 1480. The number of ether oxygens (including phenoxy) is 1. The highest BCUT2D eigenvalue weighted by molar-refractivity contribution is 5.94. The molecule has 3 aromatic carbocycles. The van der Waals surface area contributed by atoms with Gasteiger partial charge in [0.2, 0.25) is 0 Å². The maximum absolute atomic E-state index is 5.86. The number of benzene rings is 3. The largest absolute Gasteiger partial charge is 0.495 e.